The van der Waals surface area contributed by atoms with E-state index in [2.05, 4.69) is 18.9 Å². The van der Waals surface area contributed by atoms with Crippen molar-refractivity contribution < 1.29 is 4.74 Å². The summed E-state index contributed by atoms with van der Waals surface area (Å²) in [5.41, 5.74) is 1.34. The van der Waals surface area contributed by atoms with Gasteiger partial charge in [-0.3, -0.25) is 4.90 Å². The van der Waals surface area contributed by atoms with Crippen LogP contribution < -0.4 is 0 Å². The van der Waals surface area contributed by atoms with Crippen molar-refractivity contribution in [2.24, 2.45) is 0 Å². The van der Waals surface area contributed by atoms with E-state index < -0.39 is 0 Å². The van der Waals surface area contributed by atoms with Crippen LogP contribution in [0.4, 0.5) is 0 Å². The van der Waals surface area contributed by atoms with Crippen molar-refractivity contribution in [2.45, 2.75) is 13.8 Å². The zero-order valence-corrected chi connectivity index (χ0v) is 6.27. The predicted octanol–water partition coefficient (Wildman–Crippen LogP) is 1.20. The molecule has 0 saturated carbocycles. The van der Waals surface area contributed by atoms with Crippen molar-refractivity contribution in [2.75, 3.05) is 20.3 Å². The molecule has 0 radical (unpaired) electrons. The lowest BCUT2D eigenvalue weighted by Crippen LogP contribution is -2.28. The standard InChI is InChI=1S/C7H13NO/c1-6-4-8(3)5-9-7(6)2/h4-5H2,1-3H3. The molecule has 0 saturated heterocycles. The summed E-state index contributed by atoms with van der Waals surface area (Å²) in [5.74, 6) is 1.09. The molecule has 9 heavy (non-hydrogen) atoms. The van der Waals surface area contributed by atoms with Crippen LogP contribution in [-0.4, -0.2) is 25.2 Å². The molecule has 0 aromatic rings. The van der Waals surface area contributed by atoms with Crippen LogP contribution in [0, 0.1) is 0 Å². The Labute approximate surface area is 56.1 Å². The number of rotatable bonds is 0. The van der Waals surface area contributed by atoms with E-state index in [0.717, 1.165) is 19.0 Å². The number of nitrogens with zero attached hydrogens (tertiary/aromatic N) is 1. The van der Waals surface area contributed by atoms with Crippen LogP contribution >= 0.6 is 0 Å². The number of hydrogen-bond donors (Lipinski definition) is 0. The van der Waals surface area contributed by atoms with Gasteiger partial charge in [0.15, 0.2) is 0 Å². The van der Waals surface area contributed by atoms with Crippen LogP contribution in [0.25, 0.3) is 0 Å². The van der Waals surface area contributed by atoms with Gasteiger partial charge in [0.05, 0.1) is 5.76 Å². The molecule has 2 nitrogen and oxygen atoms in total. The van der Waals surface area contributed by atoms with E-state index in [1.807, 2.05) is 6.92 Å². The second-order valence-corrected chi connectivity index (χ2v) is 2.62. The Morgan fingerprint density at radius 2 is 2.11 bits per heavy atom. The highest BCUT2D eigenvalue weighted by atomic mass is 16.5. The fourth-order valence-corrected chi connectivity index (χ4v) is 0.892. The van der Waals surface area contributed by atoms with Crippen LogP contribution in [0.1, 0.15) is 13.8 Å². The molecule has 1 aliphatic rings. The molecule has 0 aromatic heterocycles. The smallest absolute Gasteiger partial charge is 0.141 e. The van der Waals surface area contributed by atoms with Crippen LogP contribution in [0.5, 0.6) is 0 Å². The molecule has 1 aliphatic heterocycles. The maximum Gasteiger partial charge on any atom is 0.141 e. The van der Waals surface area contributed by atoms with Gasteiger partial charge in [-0.05, 0) is 26.5 Å². The summed E-state index contributed by atoms with van der Waals surface area (Å²) in [6.45, 7) is 5.91. The first-order chi connectivity index (χ1) is 4.20. The molecule has 52 valence electrons. The Morgan fingerprint density at radius 3 is 2.56 bits per heavy atom. The van der Waals surface area contributed by atoms with E-state index in [9.17, 15) is 0 Å². The Morgan fingerprint density at radius 1 is 1.44 bits per heavy atom. The SMILES string of the molecule is CC1=C(C)OCN(C)C1. The first kappa shape index (κ1) is 6.62. The van der Waals surface area contributed by atoms with Crippen molar-refractivity contribution in [3.05, 3.63) is 11.3 Å². The summed E-state index contributed by atoms with van der Waals surface area (Å²) in [4.78, 5) is 2.14. The highest BCUT2D eigenvalue weighted by molar-refractivity contribution is 5.06. The van der Waals surface area contributed by atoms with Gasteiger partial charge >= 0.3 is 0 Å². The van der Waals surface area contributed by atoms with Gasteiger partial charge < -0.3 is 4.74 Å². The van der Waals surface area contributed by atoms with E-state index in [4.69, 9.17) is 4.74 Å². The van der Waals surface area contributed by atoms with E-state index in [-0.39, 0.29) is 0 Å². The second-order valence-electron chi connectivity index (χ2n) is 2.62. The maximum atomic E-state index is 5.31. The third kappa shape index (κ3) is 1.45. The normalized spacial score (nSPS) is 22.1. The molecule has 0 atom stereocenters. The Balaban J connectivity index is 2.61. The van der Waals surface area contributed by atoms with Gasteiger partial charge in [-0.1, -0.05) is 0 Å². The monoisotopic (exact) mass is 127 g/mol. The molecule has 0 spiro atoms. The molecule has 0 aromatic carbocycles. The average molecular weight is 127 g/mol. The van der Waals surface area contributed by atoms with E-state index in [1.54, 1.807) is 0 Å². The minimum Gasteiger partial charge on any atom is -0.483 e. The Bertz CT molecular complexity index is 140. The van der Waals surface area contributed by atoms with Crippen molar-refractivity contribution in [3.63, 3.8) is 0 Å². The van der Waals surface area contributed by atoms with Crippen LogP contribution in [-0.2, 0) is 4.74 Å². The van der Waals surface area contributed by atoms with E-state index in [0.29, 0.717) is 0 Å². The van der Waals surface area contributed by atoms with Gasteiger partial charge in [0.2, 0.25) is 0 Å². The topological polar surface area (TPSA) is 12.5 Å². The maximum absolute atomic E-state index is 5.31. The molecular weight excluding hydrogens is 114 g/mol. The summed E-state index contributed by atoms with van der Waals surface area (Å²) in [5, 5.41) is 0. The minimum atomic E-state index is 0.739. The number of ether oxygens (including phenoxy) is 1. The number of allylic oxidation sites excluding steroid dienone is 1. The molecule has 0 amide bonds. The van der Waals surface area contributed by atoms with Crippen molar-refractivity contribution in [3.8, 4) is 0 Å². The fraction of sp³-hybridized carbons (Fsp3) is 0.714. The predicted molar refractivity (Wildman–Crippen MR) is 37.0 cm³/mol. The lowest BCUT2D eigenvalue weighted by Gasteiger charge is -2.24. The van der Waals surface area contributed by atoms with Crippen molar-refractivity contribution >= 4 is 0 Å². The second kappa shape index (κ2) is 2.40. The Hall–Kier alpha value is -0.500. The molecule has 0 N–H and O–H groups in total. The molecule has 0 bridgehead atoms. The van der Waals surface area contributed by atoms with Gasteiger partial charge in [0.1, 0.15) is 6.73 Å². The summed E-state index contributed by atoms with van der Waals surface area (Å²) in [7, 11) is 2.05. The van der Waals surface area contributed by atoms with Crippen LogP contribution in [0.3, 0.4) is 0 Å². The zero-order valence-electron chi connectivity index (χ0n) is 6.27. The summed E-state index contributed by atoms with van der Waals surface area (Å²) in [6.07, 6.45) is 0. The molecular formula is C7H13NO. The largest absolute Gasteiger partial charge is 0.483 e. The lowest BCUT2D eigenvalue weighted by molar-refractivity contribution is 0.0760. The zero-order chi connectivity index (χ0) is 6.85. The average Bonchev–Trinajstić information content (AvgIpc) is 1.80. The van der Waals surface area contributed by atoms with Gasteiger partial charge in [0, 0.05) is 6.54 Å². The van der Waals surface area contributed by atoms with Crippen molar-refractivity contribution in [1.82, 2.24) is 4.90 Å². The van der Waals surface area contributed by atoms with Crippen LogP contribution in [0.2, 0.25) is 0 Å². The summed E-state index contributed by atoms with van der Waals surface area (Å²) < 4.78 is 5.31. The third-order valence-electron chi connectivity index (χ3n) is 1.61. The first-order valence-electron chi connectivity index (χ1n) is 3.18. The molecule has 1 rings (SSSR count). The highest BCUT2D eigenvalue weighted by Crippen LogP contribution is 2.11. The third-order valence-corrected chi connectivity index (χ3v) is 1.61. The lowest BCUT2D eigenvalue weighted by atomic mass is 10.2. The molecule has 1 heterocycles. The highest BCUT2D eigenvalue weighted by Gasteiger charge is 2.08. The summed E-state index contributed by atoms with van der Waals surface area (Å²) >= 11 is 0. The molecule has 2 heteroatoms. The summed E-state index contributed by atoms with van der Waals surface area (Å²) in [6, 6.07) is 0. The van der Waals surface area contributed by atoms with Crippen molar-refractivity contribution in [1.29, 1.82) is 0 Å². The van der Waals surface area contributed by atoms with Gasteiger partial charge in [0.25, 0.3) is 0 Å². The number of hydrogen-bond acceptors (Lipinski definition) is 2. The molecule has 0 aliphatic carbocycles. The van der Waals surface area contributed by atoms with Crippen LogP contribution in [0.15, 0.2) is 11.3 Å². The minimum absolute atomic E-state index is 0.739. The van der Waals surface area contributed by atoms with Gasteiger partial charge in [-0.2, -0.15) is 0 Å². The number of likely N-dealkylation sites (N-methyl/N-ethyl adjacent to an activating group) is 1. The molecule has 0 fully saturated rings. The fourth-order valence-electron chi connectivity index (χ4n) is 0.892. The quantitative estimate of drug-likeness (QED) is 0.485. The van der Waals surface area contributed by atoms with E-state index >= 15 is 0 Å². The first-order valence-corrected chi connectivity index (χ1v) is 3.18. The van der Waals surface area contributed by atoms with Gasteiger partial charge in [-0.25, -0.2) is 0 Å². The van der Waals surface area contributed by atoms with Gasteiger partial charge in [-0.15, -0.1) is 0 Å². The Kier molecular flexibility index (Phi) is 1.76. The van der Waals surface area contributed by atoms with E-state index in [1.165, 1.54) is 5.57 Å². The molecule has 0 unspecified atom stereocenters.